The van der Waals surface area contributed by atoms with E-state index < -0.39 is 5.97 Å². The van der Waals surface area contributed by atoms with E-state index in [-0.39, 0.29) is 23.4 Å². The number of para-hydroxylation sites is 1. The summed E-state index contributed by atoms with van der Waals surface area (Å²) in [5.74, 6) is 2.87. The average molecular weight is 670 g/mol. The number of carboxylic acid groups (broad SMARTS) is 1. The number of aromatic carboxylic acids is 1. The zero-order valence-corrected chi connectivity index (χ0v) is 28.4. The van der Waals surface area contributed by atoms with Crippen molar-refractivity contribution < 1.29 is 14.7 Å². The van der Waals surface area contributed by atoms with E-state index >= 15 is 0 Å². The van der Waals surface area contributed by atoms with Gasteiger partial charge < -0.3 is 15.3 Å². The SMILES string of the molecule is Cc1c(-c2ccc(N3CCc4cccc(C(=O)Cc5nc6ccccc6s5)c4C3)nc2C(=O)O)ccnc1NC12CC3CC(CC(C3)C1)C2. The van der Waals surface area contributed by atoms with E-state index in [1.54, 1.807) is 17.5 Å². The van der Waals surface area contributed by atoms with Crippen molar-refractivity contribution in [1.82, 2.24) is 15.0 Å². The third-order valence-corrected chi connectivity index (χ3v) is 12.6. The molecule has 248 valence electrons. The van der Waals surface area contributed by atoms with Crippen LogP contribution in [0.3, 0.4) is 0 Å². The minimum atomic E-state index is -1.06. The van der Waals surface area contributed by atoms with Crippen LogP contribution in [0.4, 0.5) is 11.6 Å². The Balaban J connectivity index is 0.984. The molecule has 9 heteroatoms. The van der Waals surface area contributed by atoms with Gasteiger partial charge in [-0.25, -0.2) is 19.7 Å². The Hall–Kier alpha value is -4.63. The maximum atomic E-state index is 13.7. The molecule has 5 aromatic rings. The Morgan fingerprint density at radius 3 is 2.47 bits per heavy atom. The number of aromatic nitrogens is 3. The van der Waals surface area contributed by atoms with Crippen LogP contribution in [0.2, 0.25) is 0 Å². The molecule has 0 unspecified atom stereocenters. The van der Waals surface area contributed by atoms with Crippen molar-refractivity contribution in [3.63, 3.8) is 0 Å². The molecule has 2 aromatic carbocycles. The van der Waals surface area contributed by atoms with Gasteiger partial charge in [0, 0.05) is 36.0 Å². The number of benzene rings is 2. The predicted molar refractivity (Wildman–Crippen MR) is 193 cm³/mol. The zero-order valence-electron chi connectivity index (χ0n) is 27.6. The second-order valence-corrected chi connectivity index (χ2v) is 15.9. The highest BCUT2D eigenvalue weighted by Crippen LogP contribution is 2.56. The molecule has 0 radical (unpaired) electrons. The summed E-state index contributed by atoms with van der Waals surface area (Å²) in [6.45, 7) is 3.20. The van der Waals surface area contributed by atoms with Crippen molar-refractivity contribution in [1.29, 1.82) is 0 Å². The molecule has 4 saturated carbocycles. The van der Waals surface area contributed by atoms with E-state index in [0.29, 0.717) is 30.0 Å². The van der Waals surface area contributed by atoms with Crippen molar-refractivity contribution in [2.45, 2.75) is 70.4 Å². The molecule has 4 heterocycles. The molecule has 0 spiro atoms. The fraction of sp³-hybridized carbons (Fsp3) is 0.375. The van der Waals surface area contributed by atoms with Gasteiger partial charge in [0.15, 0.2) is 11.5 Å². The molecule has 0 saturated heterocycles. The number of nitrogens with one attached hydrogen (secondary N) is 1. The number of carboxylic acids is 1. The van der Waals surface area contributed by atoms with Gasteiger partial charge in [0.05, 0.1) is 16.6 Å². The first-order chi connectivity index (χ1) is 23.8. The minimum Gasteiger partial charge on any atom is -0.476 e. The number of Topliss-reactive ketones (excluding diaryl/α,β-unsaturated/α-hetero) is 1. The number of rotatable bonds is 8. The monoisotopic (exact) mass is 669 g/mol. The molecule has 0 atom stereocenters. The number of ketones is 1. The smallest absolute Gasteiger partial charge is 0.355 e. The summed E-state index contributed by atoms with van der Waals surface area (Å²) in [6, 6.07) is 19.6. The van der Waals surface area contributed by atoms with Crippen LogP contribution in [0.25, 0.3) is 21.3 Å². The maximum Gasteiger partial charge on any atom is 0.355 e. The van der Waals surface area contributed by atoms with Crippen molar-refractivity contribution in [2.75, 3.05) is 16.8 Å². The number of carbonyl (C=O) groups is 2. The standard InChI is InChI=1S/C40H39N5O3S/c1-23-28(11-13-41-38(23)44-40-19-24-15-25(20-40)17-26(16-24)21-40)30-9-10-35(43-37(30)39(47)48)45-14-12-27-5-4-6-29(31(27)22-45)33(46)18-36-42-32-7-2-3-8-34(32)49-36/h2-11,13,24-26H,12,14-22H2,1H3,(H,41,44)(H,47,48). The Morgan fingerprint density at radius 2 is 1.71 bits per heavy atom. The van der Waals surface area contributed by atoms with Gasteiger partial charge in [0.25, 0.3) is 0 Å². The van der Waals surface area contributed by atoms with Gasteiger partial charge in [-0.2, -0.15) is 0 Å². The summed E-state index contributed by atoms with van der Waals surface area (Å²) < 4.78 is 1.08. The highest BCUT2D eigenvalue weighted by atomic mass is 32.1. The average Bonchev–Trinajstić information content (AvgIpc) is 3.50. The van der Waals surface area contributed by atoms with Crippen LogP contribution < -0.4 is 10.2 Å². The van der Waals surface area contributed by atoms with Gasteiger partial charge in [0.1, 0.15) is 16.6 Å². The molecule has 3 aromatic heterocycles. The van der Waals surface area contributed by atoms with Gasteiger partial charge >= 0.3 is 5.97 Å². The summed E-state index contributed by atoms with van der Waals surface area (Å²) in [5, 5.41) is 15.1. The molecule has 4 fully saturated rings. The van der Waals surface area contributed by atoms with E-state index in [1.165, 1.54) is 38.5 Å². The topological polar surface area (TPSA) is 108 Å². The summed E-state index contributed by atoms with van der Waals surface area (Å²) in [5.41, 5.74) is 6.25. The number of hydrogen-bond acceptors (Lipinski definition) is 8. The Labute approximate surface area is 289 Å². The van der Waals surface area contributed by atoms with E-state index in [1.807, 2.05) is 61.5 Å². The van der Waals surface area contributed by atoms with Crippen molar-refractivity contribution >= 4 is 44.9 Å². The largest absolute Gasteiger partial charge is 0.476 e. The van der Waals surface area contributed by atoms with Gasteiger partial charge in [0.2, 0.25) is 0 Å². The van der Waals surface area contributed by atoms with Crippen molar-refractivity contribution in [3.05, 3.63) is 99.8 Å². The number of pyridine rings is 2. The summed E-state index contributed by atoms with van der Waals surface area (Å²) in [7, 11) is 0. The van der Waals surface area contributed by atoms with Gasteiger partial charge in [-0.15, -0.1) is 11.3 Å². The summed E-state index contributed by atoms with van der Waals surface area (Å²) >= 11 is 1.56. The highest BCUT2D eigenvalue weighted by molar-refractivity contribution is 7.18. The zero-order chi connectivity index (χ0) is 33.3. The molecular weight excluding hydrogens is 631 g/mol. The molecule has 0 amide bonds. The van der Waals surface area contributed by atoms with E-state index in [2.05, 4.69) is 21.3 Å². The second kappa shape index (κ2) is 11.8. The lowest BCUT2D eigenvalue weighted by Gasteiger charge is -2.57. The lowest BCUT2D eigenvalue weighted by molar-refractivity contribution is 0.0105. The maximum absolute atomic E-state index is 13.7. The van der Waals surface area contributed by atoms with Crippen LogP contribution >= 0.6 is 11.3 Å². The molecule has 4 aliphatic carbocycles. The molecule has 1 aliphatic heterocycles. The molecule has 4 bridgehead atoms. The number of anilines is 2. The molecule has 10 rings (SSSR count). The number of nitrogens with zero attached hydrogens (tertiary/aromatic N) is 4. The minimum absolute atomic E-state index is 0.0264. The van der Waals surface area contributed by atoms with E-state index in [4.69, 9.17) is 9.97 Å². The van der Waals surface area contributed by atoms with Crippen LogP contribution in [0, 0.1) is 24.7 Å². The van der Waals surface area contributed by atoms with Crippen LogP contribution in [0.15, 0.2) is 66.9 Å². The first-order valence-corrected chi connectivity index (χ1v) is 18.3. The van der Waals surface area contributed by atoms with Gasteiger partial charge in [-0.05, 0) is 122 Å². The molecule has 8 nitrogen and oxygen atoms in total. The van der Waals surface area contributed by atoms with Gasteiger partial charge in [-0.1, -0.05) is 30.3 Å². The molecule has 5 aliphatic rings. The third kappa shape index (κ3) is 5.48. The van der Waals surface area contributed by atoms with Crippen LogP contribution in [0.1, 0.15) is 81.1 Å². The number of fused-ring (bicyclic) bond motifs is 2. The quantitative estimate of drug-likeness (QED) is 0.160. The lowest BCUT2D eigenvalue weighted by Crippen LogP contribution is -2.55. The normalized spacial score (nSPS) is 23.9. The fourth-order valence-electron chi connectivity index (χ4n) is 9.74. The van der Waals surface area contributed by atoms with Crippen LogP contribution in [-0.4, -0.2) is 43.9 Å². The van der Waals surface area contributed by atoms with Crippen LogP contribution in [0.5, 0.6) is 0 Å². The Bertz CT molecular complexity index is 2070. The molecule has 49 heavy (non-hydrogen) atoms. The Morgan fingerprint density at radius 1 is 0.939 bits per heavy atom. The second-order valence-electron chi connectivity index (χ2n) is 14.8. The first kappa shape index (κ1) is 30.4. The van der Waals surface area contributed by atoms with Gasteiger partial charge in [-0.3, -0.25) is 4.79 Å². The summed E-state index contributed by atoms with van der Waals surface area (Å²) in [6.07, 6.45) is 10.5. The van der Waals surface area contributed by atoms with E-state index in [9.17, 15) is 14.7 Å². The lowest BCUT2D eigenvalue weighted by atomic mass is 9.53. The predicted octanol–water partition coefficient (Wildman–Crippen LogP) is 8.13. The number of thiazole rings is 1. The molecule has 2 N–H and O–H groups in total. The third-order valence-electron chi connectivity index (χ3n) is 11.5. The Kier molecular flexibility index (Phi) is 7.30. The van der Waals surface area contributed by atoms with Crippen molar-refractivity contribution in [3.8, 4) is 11.1 Å². The molecular formula is C40H39N5O3S. The number of carbonyl (C=O) groups excluding carboxylic acids is 1. The first-order valence-electron chi connectivity index (χ1n) is 17.5. The van der Waals surface area contributed by atoms with E-state index in [0.717, 1.165) is 67.5 Å². The highest BCUT2D eigenvalue weighted by Gasteiger charge is 2.51. The fourth-order valence-corrected chi connectivity index (χ4v) is 10.7. The number of hydrogen-bond donors (Lipinski definition) is 2. The van der Waals surface area contributed by atoms with Crippen molar-refractivity contribution in [2.24, 2.45) is 17.8 Å². The summed E-state index contributed by atoms with van der Waals surface area (Å²) in [4.78, 5) is 42.7. The van der Waals surface area contributed by atoms with Crippen LogP contribution in [-0.2, 0) is 19.4 Å².